The second-order valence-corrected chi connectivity index (χ2v) is 7.15. The van der Waals surface area contributed by atoms with E-state index in [4.69, 9.17) is 0 Å². The standard InChI is InChI=1S/C14H17F2NO3S/c15-14(16)21(19,20)12-6-4-10(5-7-12)8-13(18)17-9-11-2-1-3-11/h4-7,11,14H,1-3,8-9H2,(H,17,18). The molecular formula is C14H17F2NO3S. The minimum Gasteiger partial charge on any atom is -0.356 e. The van der Waals surface area contributed by atoms with Crippen LogP contribution in [-0.4, -0.2) is 26.6 Å². The highest BCUT2D eigenvalue weighted by molar-refractivity contribution is 7.91. The van der Waals surface area contributed by atoms with Gasteiger partial charge >= 0.3 is 5.76 Å². The summed E-state index contributed by atoms with van der Waals surface area (Å²) in [5.74, 6) is -3.02. The van der Waals surface area contributed by atoms with E-state index in [1.54, 1.807) is 0 Å². The van der Waals surface area contributed by atoms with Crippen molar-refractivity contribution in [3.05, 3.63) is 29.8 Å². The molecule has 7 heteroatoms. The highest BCUT2D eigenvalue weighted by Gasteiger charge is 2.26. The lowest BCUT2D eigenvalue weighted by Crippen LogP contribution is -2.33. The van der Waals surface area contributed by atoms with Gasteiger partial charge in [0.25, 0.3) is 0 Å². The van der Waals surface area contributed by atoms with E-state index in [1.807, 2.05) is 0 Å². The predicted molar refractivity (Wildman–Crippen MR) is 73.7 cm³/mol. The molecule has 116 valence electrons. The van der Waals surface area contributed by atoms with Crippen LogP contribution in [0.1, 0.15) is 24.8 Å². The van der Waals surface area contributed by atoms with Crippen molar-refractivity contribution in [3.8, 4) is 0 Å². The van der Waals surface area contributed by atoms with Crippen molar-refractivity contribution in [1.82, 2.24) is 5.32 Å². The molecule has 0 atom stereocenters. The van der Waals surface area contributed by atoms with Crippen LogP contribution in [0.25, 0.3) is 0 Å². The number of halogens is 2. The van der Waals surface area contributed by atoms with Crippen molar-refractivity contribution >= 4 is 15.7 Å². The van der Waals surface area contributed by atoms with Crippen molar-refractivity contribution in [1.29, 1.82) is 0 Å². The van der Waals surface area contributed by atoms with Crippen LogP contribution in [0.4, 0.5) is 8.78 Å². The third-order valence-corrected chi connectivity index (χ3v) is 5.06. The lowest BCUT2D eigenvalue weighted by atomic mass is 9.85. The van der Waals surface area contributed by atoms with Gasteiger partial charge in [-0.25, -0.2) is 8.42 Å². The van der Waals surface area contributed by atoms with Gasteiger partial charge in [0.05, 0.1) is 11.3 Å². The van der Waals surface area contributed by atoms with Gasteiger partial charge < -0.3 is 5.32 Å². The zero-order chi connectivity index (χ0) is 15.5. The summed E-state index contributed by atoms with van der Waals surface area (Å²) >= 11 is 0. The summed E-state index contributed by atoms with van der Waals surface area (Å²) in [6.07, 6.45) is 3.60. The molecule has 0 aliphatic heterocycles. The smallest absolute Gasteiger partial charge is 0.341 e. The highest BCUT2D eigenvalue weighted by Crippen LogP contribution is 2.25. The molecule has 1 saturated carbocycles. The van der Waals surface area contributed by atoms with E-state index in [0.29, 0.717) is 18.0 Å². The molecular weight excluding hydrogens is 300 g/mol. The van der Waals surface area contributed by atoms with Gasteiger partial charge in [0.15, 0.2) is 0 Å². The van der Waals surface area contributed by atoms with Gasteiger partial charge in [-0.05, 0) is 36.5 Å². The topological polar surface area (TPSA) is 63.2 Å². The Morgan fingerprint density at radius 3 is 2.33 bits per heavy atom. The van der Waals surface area contributed by atoms with Crippen LogP contribution in [0.5, 0.6) is 0 Å². The monoisotopic (exact) mass is 317 g/mol. The second kappa shape index (κ2) is 6.51. The Morgan fingerprint density at radius 1 is 1.24 bits per heavy atom. The van der Waals surface area contributed by atoms with Crippen LogP contribution >= 0.6 is 0 Å². The first-order valence-corrected chi connectivity index (χ1v) is 8.32. The Kier molecular flexibility index (Phi) is 4.92. The Hall–Kier alpha value is -1.50. The average molecular weight is 317 g/mol. The van der Waals surface area contributed by atoms with Gasteiger partial charge in [0.1, 0.15) is 0 Å². The van der Waals surface area contributed by atoms with E-state index in [1.165, 1.54) is 18.6 Å². The summed E-state index contributed by atoms with van der Waals surface area (Å²) in [4.78, 5) is 11.3. The molecule has 1 aromatic carbocycles. The van der Waals surface area contributed by atoms with E-state index in [9.17, 15) is 22.0 Å². The first-order chi connectivity index (χ1) is 9.89. The minimum atomic E-state index is -4.57. The molecule has 1 aromatic rings. The van der Waals surface area contributed by atoms with Crippen LogP contribution in [0.2, 0.25) is 0 Å². The first kappa shape index (κ1) is 15.9. The molecule has 1 aliphatic carbocycles. The van der Waals surface area contributed by atoms with Crippen LogP contribution in [0.3, 0.4) is 0 Å². The van der Waals surface area contributed by atoms with Crippen molar-refractivity contribution in [2.24, 2.45) is 5.92 Å². The number of hydrogen-bond acceptors (Lipinski definition) is 3. The molecule has 21 heavy (non-hydrogen) atoms. The Bertz CT molecular complexity index is 595. The van der Waals surface area contributed by atoms with E-state index >= 15 is 0 Å². The Balaban J connectivity index is 1.91. The van der Waals surface area contributed by atoms with E-state index < -0.39 is 20.5 Å². The summed E-state index contributed by atoms with van der Waals surface area (Å²) < 4.78 is 47.3. The first-order valence-electron chi connectivity index (χ1n) is 6.77. The Morgan fingerprint density at radius 2 is 1.86 bits per heavy atom. The van der Waals surface area contributed by atoms with Gasteiger partial charge in [-0.2, -0.15) is 8.78 Å². The van der Waals surface area contributed by atoms with Crippen molar-refractivity contribution in [3.63, 3.8) is 0 Å². The molecule has 0 radical (unpaired) electrons. The fourth-order valence-corrected chi connectivity index (χ4v) is 2.82. The summed E-state index contributed by atoms with van der Waals surface area (Å²) in [5, 5.41) is 2.82. The molecule has 0 saturated heterocycles. The second-order valence-electron chi connectivity index (χ2n) is 5.23. The zero-order valence-corrected chi connectivity index (χ0v) is 12.2. The number of carbonyl (C=O) groups is 1. The summed E-state index contributed by atoms with van der Waals surface area (Å²) in [6, 6.07) is 4.99. The van der Waals surface area contributed by atoms with Gasteiger partial charge in [-0.3, -0.25) is 4.79 Å². The number of hydrogen-bond donors (Lipinski definition) is 1. The maximum atomic E-state index is 12.4. The number of sulfone groups is 1. The molecule has 1 fully saturated rings. The number of nitrogens with one attached hydrogen (secondary N) is 1. The summed E-state index contributed by atoms with van der Waals surface area (Å²) in [6.45, 7) is 0.663. The van der Waals surface area contributed by atoms with Crippen molar-refractivity contribution in [2.75, 3.05) is 6.54 Å². The Labute approximate surface area is 122 Å². The molecule has 1 aliphatic rings. The van der Waals surface area contributed by atoms with Gasteiger partial charge in [0, 0.05) is 6.54 Å². The van der Waals surface area contributed by atoms with Crippen LogP contribution in [-0.2, 0) is 21.1 Å². The van der Waals surface area contributed by atoms with E-state index in [2.05, 4.69) is 5.32 Å². The van der Waals surface area contributed by atoms with Crippen molar-refractivity contribution in [2.45, 2.75) is 36.3 Å². The molecule has 2 rings (SSSR count). The van der Waals surface area contributed by atoms with Gasteiger partial charge in [-0.15, -0.1) is 0 Å². The predicted octanol–water partition coefficient (Wildman–Crippen LogP) is 2.14. The molecule has 1 N–H and O–H groups in total. The summed E-state index contributed by atoms with van der Waals surface area (Å²) in [5.41, 5.74) is 0.592. The molecule has 0 spiro atoms. The molecule has 1 amide bonds. The molecule has 0 aromatic heterocycles. The van der Waals surface area contributed by atoms with Crippen molar-refractivity contribution < 1.29 is 22.0 Å². The normalized spacial score (nSPS) is 15.8. The molecule has 0 unspecified atom stereocenters. The average Bonchev–Trinajstić information content (AvgIpc) is 2.37. The lowest BCUT2D eigenvalue weighted by molar-refractivity contribution is -0.120. The third kappa shape index (κ3) is 4.00. The van der Waals surface area contributed by atoms with E-state index in [0.717, 1.165) is 25.0 Å². The fraction of sp³-hybridized carbons (Fsp3) is 0.500. The maximum absolute atomic E-state index is 12.4. The number of benzene rings is 1. The lowest BCUT2D eigenvalue weighted by Gasteiger charge is -2.25. The number of alkyl halides is 2. The van der Waals surface area contributed by atoms with Crippen LogP contribution < -0.4 is 5.32 Å². The molecule has 4 nitrogen and oxygen atoms in total. The number of carbonyl (C=O) groups excluding carboxylic acids is 1. The largest absolute Gasteiger partial charge is 0.356 e. The number of rotatable bonds is 6. The SMILES string of the molecule is O=C(Cc1ccc(S(=O)(=O)C(F)F)cc1)NCC1CCC1. The van der Waals surface area contributed by atoms with Crippen LogP contribution in [0.15, 0.2) is 29.2 Å². The van der Waals surface area contributed by atoms with E-state index in [-0.39, 0.29) is 12.3 Å². The zero-order valence-electron chi connectivity index (χ0n) is 11.4. The van der Waals surface area contributed by atoms with Gasteiger partial charge in [0.2, 0.25) is 15.7 Å². The summed E-state index contributed by atoms with van der Waals surface area (Å²) in [7, 11) is -4.57. The highest BCUT2D eigenvalue weighted by atomic mass is 32.2. The van der Waals surface area contributed by atoms with Gasteiger partial charge in [-0.1, -0.05) is 18.6 Å². The number of amides is 1. The minimum absolute atomic E-state index is 0.113. The maximum Gasteiger partial charge on any atom is 0.341 e. The van der Waals surface area contributed by atoms with Crippen LogP contribution in [0, 0.1) is 5.92 Å². The fourth-order valence-electron chi connectivity index (χ4n) is 2.10. The molecule has 0 heterocycles. The third-order valence-electron chi connectivity index (χ3n) is 3.66. The molecule has 0 bridgehead atoms. The quantitative estimate of drug-likeness (QED) is 0.874.